The van der Waals surface area contributed by atoms with Gasteiger partial charge in [0.2, 0.25) is 5.91 Å². The maximum Gasteiger partial charge on any atom is 0.226 e. The van der Waals surface area contributed by atoms with Crippen molar-refractivity contribution in [3.05, 3.63) is 0 Å². The van der Waals surface area contributed by atoms with E-state index in [1.807, 2.05) is 18.9 Å². The van der Waals surface area contributed by atoms with Crippen molar-refractivity contribution in [1.82, 2.24) is 10.2 Å². The molecule has 0 aliphatic carbocycles. The standard InChI is InChI=1S/C12H24N2O.ClH/c1-9-5-6-14(8-11(9)3)12(15)10(2)7-13-4;/h9-11,13H,5-8H2,1-4H3;1H. The van der Waals surface area contributed by atoms with Crippen LogP contribution in [0.25, 0.3) is 0 Å². The summed E-state index contributed by atoms with van der Waals surface area (Å²) in [7, 11) is 1.89. The Balaban J connectivity index is 0.00000225. The highest BCUT2D eigenvalue weighted by Crippen LogP contribution is 2.23. The van der Waals surface area contributed by atoms with Crippen molar-refractivity contribution in [3.8, 4) is 0 Å². The largest absolute Gasteiger partial charge is 0.342 e. The second-order valence-electron chi connectivity index (χ2n) is 4.99. The maximum absolute atomic E-state index is 12.0. The van der Waals surface area contributed by atoms with Crippen molar-refractivity contribution < 1.29 is 4.79 Å². The lowest BCUT2D eigenvalue weighted by Gasteiger charge is -2.36. The van der Waals surface area contributed by atoms with Crippen LogP contribution in [0.4, 0.5) is 0 Å². The fraction of sp³-hybridized carbons (Fsp3) is 0.917. The molecule has 0 spiro atoms. The minimum atomic E-state index is 0. The molecule has 0 radical (unpaired) electrons. The van der Waals surface area contributed by atoms with Crippen molar-refractivity contribution in [1.29, 1.82) is 0 Å². The monoisotopic (exact) mass is 248 g/mol. The molecule has 1 amide bonds. The number of amides is 1. The van der Waals surface area contributed by atoms with Crippen molar-refractivity contribution in [3.63, 3.8) is 0 Å². The molecule has 1 fully saturated rings. The number of carbonyl (C=O) groups is 1. The van der Waals surface area contributed by atoms with E-state index in [0.29, 0.717) is 11.8 Å². The van der Waals surface area contributed by atoms with E-state index < -0.39 is 0 Å². The molecule has 1 rings (SSSR count). The van der Waals surface area contributed by atoms with Crippen LogP contribution in [0, 0.1) is 17.8 Å². The van der Waals surface area contributed by atoms with E-state index >= 15 is 0 Å². The van der Waals surface area contributed by atoms with Gasteiger partial charge in [-0.1, -0.05) is 20.8 Å². The van der Waals surface area contributed by atoms with E-state index in [9.17, 15) is 4.79 Å². The Labute approximate surface area is 105 Å². The number of carbonyl (C=O) groups excluding carboxylic acids is 1. The number of likely N-dealkylation sites (tertiary alicyclic amines) is 1. The minimum absolute atomic E-state index is 0. The van der Waals surface area contributed by atoms with E-state index in [4.69, 9.17) is 0 Å². The summed E-state index contributed by atoms with van der Waals surface area (Å²) in [5, 5.41) is 3.06. The number of hydrogen-bond acceptors (Lipinski definition) is 2. The zero-order chi connectivity index (χ0) is 11.4. The molecule has 16 heavy (non-hydrogen) atoms. The Kier molecular flexibility index (Phi) is 7.00. The van der Waals surface area contributed by atoms with Gasteiger partial charge in [-0.2, -0.15) is 0 Å². The Morgan fingerprint density at radius 3 is 2.56 bits per heavy atom. The second kappa shape index (κ2) is 7.13. The molecule has 96 valence electrons. The summed E-state index contributed by atoms with van der Waals surface area (Å²) in [6, 6.07) is 0. The highest BCUT2D eigenvalue weighted by Gasteiger charge is 2.27. The number of nitrogens with zero attached hydrogens (tertiary/aromatic N) is 1. The molecule has 1 saturated heterocycles. The summed E-state index contributed by atoms with van der Waals surface area (Å²) >= 11 is 0. The third kappa shape index (κ3) is 3.95. The zero-order valence-electron chi connectivity index (χ0n) is 10.8. The van der Waals surface area contributed by atoms with E-state index in [1.165, 1.54) is 0 Å². The molecule has 0 aromatic rings. The minimum Gasteiger partial charge on any atom is -0.342 e. The van der Waals surface area contributed by atoms with Gasteiger partial charge < -0.3 is 10.2 Å². The summed E-state index contributed by atoms with van der Waals surface area (Å²) in [4.78, 5) is 14.1. The normalized spacial score (nSPS) is 27.1. The van der Waals surface area contributed by atoms with Gasteiger partial charge in [0.1, 0.15) is 0 Å². The van der Waals surface area contributed by atoms with E-state index in [2.05, 4.69) is 19.2 Å². The van der Waals surface area contributed by atoms with Crippen LogP contribution in [0.5, 0.6) is 0 Å². The van der Waals surface area contributed by atoms with Crippen LogP contribution in [0.3, 0.4) is 0 Å². The first kappa shape index (κ1) is 15.7. The molecule has 3 atom stereocenters. The molecule has 4 heteroatoms. The third-order valence-corrected chi connectivity index (χ3v) is 3.58. The summed E-state index contributed by atoms with van der Waals surface area (Å²) in [6.45, 7) is 9.18. The van der Waals surface area contributed by atoms with Crippen LogP contribution in [-0.2, 0) is 4.79 Å². The van der Waals surface area contributed by atoms with Gasteiger partial charge in [0.05, 0.1) is 0 Å². The van der Waals surface area contributed by atoms with Gasteiger partial charge in [-0.25, -0.2) is 0 Å². The highest BCUT2D eigenvalue weighted by molar-refractivity contribution is 5.85. The molecule has 1 aliphatic rings. The van der Waals surface area contributed by atoms with E-state index in [1.54, 1.807) is 0 Å². The topological polar surface area (TPSA) is 32.3 Å². The second-order valence-corrected chi connectivity index (χ2v) is 4.99. The van der Waals surface area contributed by atoms with Crippen molar-refractivity contribution in [2.75, 3.05) is 26.7 Å². The van der Waals surface area contributed by atoms with Gasteiger partial charge in [-0.05, 0) is 25.3 Å². The quantitative estimate of drug-likeness (QED) is 0.826. The van der Waals surface area contributed by atoms with Gasteiger partial charge in [0.15, 0.2) is 0 Å². The molecule has 0 bridgehead atoms. The van der Waals surface area contributed by atoms with Crippen molar-refractivity contribution in [2.24, 2.45) is 17.8 Å². The first-order valence-electron chi connectivity index (χ1n) is 5.99. The predicted molar refractivity (Wildman–Crippen MR) is 69.9 cm³/mol. The zero-order valence-corrected chi connectivity index (χ0v) is 11.6. The van der Waals surface area contributed by atoms with Gasteiger partial charge in [0, 0.05) is 25.6 Å². The molecule has 0 saturated carbocycles. The van der Waals surface area contributed by atoms with Crippen molar-refractivity contribution >= 4 is 18.3 Å². The molecular formula is C12H25ClN2O. The average molecular weight is 249 g/mol. The lowest BCUT2D eigenvalue weighted by molar-refractivity contribution is -0.137. The number of nitrogens with one attached hydrogen (secondary N) is 1. The number of halogens is 1. The highest BCUT2D eigenvalue weighted by atomic mass is 35.5. The lowest BCUT2D eigenvalue weighted by atomic mass is 9.88. The van der Waals surface area contributed by atoms with Gasteiger partial charge in [-0.3, -0.25) is 4.79 Å². The first-order valence-corrected chi connectivity index (χ1v) is 5.99. The van der Waals surface area contributed by atoms with Gasteiger partial charge >= 0.3 is 0 Å². The summed E-state index contributed by atoms with van der Waals surface area (Å²) in [5.41, 5.74) is 0. The summed E-state index contributed by atoms with van der Waals surface area (Å²) in [5.74, 6) is 1.82. The number of rotatable bonds is 3. The fourth-order valence-electron chi connectivity index (χ4n) is 2.17. The van der Waals surface area contributed by atoms with E-state index in [0.717, 1.165) is 32.0 Å². The summed E-state index contributed by atoms with van der Waals surface area (Å²) in [6.07, 6.45) is 1.15. The van der Waals surface area contributed by atoms with E-state index in [-0.39, 0.29) is 18.3 Å². The molecule has 0 aromatic carbocycles. The van der Waals surface area contributed by atoms with Crippen LogP contribution in [0.15, 0.2) is 0 Å². The Morgan fingerprint density at radius 2 is 2.06 bits per heavy atom. The molecule has 1 aliphatic heterocycles. The predicted octanol–water partition coefficient (Wildman–Crippen LogP) is 1.77. The Hall–Kier alpha value is -0.280. The van der Waals surface area contributed by atoms with Crippen LogP contribution in [-0.4, -0.2) is 37.5 Å². The van der Waals surface area contributed by atoms with Gasteiger partial charge in [-0.15, -0.1) is 12.4 Å². The van der Waals surface area contributed by atoms with Crippen LogP contribution >= 0.6 is 12.4 Å². The van der Waals surface area contributed by atoms with Crippen LogP contribution < -0.4 is 5.32 Å². The Morgan fingerprint density at radius 1 is 1.44 bits per heavy atom. The summed E-state index contributed by atoms with van der Waals surface area (Å²) < 4.78 is 0. The first-order chi connectivity index (χ1) is 7.06. The van der Waals surface area contributed by atoms with Crippen LogP contribution in [0.2, 0.25) is 0 Å². The Bertz CT molecular complexity index is 223. The molecular weight excluding hydrogens is 224 g/mol. The number of piperidine rings is 1. The fourth-order valence-corrected chi connectivity index (χ4v) is 2.17. The SMILES string of the molecule is CNCC(C)C(=O)N1CCC(C)C(C)C1.Cl. The molecule has 1 N–H and O–H groups in total. The maximum atomic E-state index is 12.0. The number of hydrogen-bond donors (Lipinski definition) is 1. The van der Waals surface area contributed by atoms with Crippen LogP contribution in [0.1, 0.15) is 27.2 Å². The average Bonchev–Trinajstić information content (AvgIpc) is 2.21. The van der Waals surface area contributed by atoms with Crippen molar-refractivity contribution in [2.45, 2.75) is 27.2 Å². The third-order valence-electron chi connectivity index (χ3n) is 3.58. The molecule has 1 heterocycles. The molecule has 3 unspecified atom stereocenters. The lowest BCUT2D eigenvalue weighted by Crippen LogP contribution is -2.45. The van der Waals surface area contributed by atoms with Gasteiger partial charge in [0.25, 0.3) is 0 Å². The molecule has 3 nitrogen and oxygen atoms in total. The molecule has 0 aromatic heterocycles. The smallest absolute Gasteiger partial charge is 0.226 e.